The van der Waals surface area contributed by atoms with Crippen LogP contribution in [0.2, 0.25) is 0 Å². The monoisotopic (exact) mass is 332 g/mol. The molecule has 0 spiro atoms. The highest BCUT2D eigenvalue weighted by Crippen LogP contribution is 2.23. The van der Waals surface area contributed by atoms with Gasteiger partial charge in [-0.3, -0.25) is 14.4 Å². The summed E-state index contributed by atoms with van der Waals surface area (Å²) in [7, 11) is 1.83. The van der Waals surface area contributed by atoms with Gasteiger partial charge in [0.15, 0.2) is 0 Å². The van der Waals surface area contributed by atoms with Gasteiger partial charge >= 0.3 is 0 Å². The molecule has 0 bridgehead atoms. The number of morpholine rings is 1. The number of nitrogens with one attached hydrogen (secondary N) is 1. The van der Waals surface area contributed by atoms with E-state index in [9.17, 15) is 9.18 Å². The summed E-state index contributed by atoms with van der Waals surface area (Å²) in [5, 5.41) is 7.02. The molecule has 2 aromatic rings. The number of hydrogen-bond acceptors (Lipinski definition) is 4. The Balaban J connectivity index is 1.78. The minimum absolute atomic E-state index is 0.149. The van der Waals surface area contributed by atoms with E-state index >= 15 is 0 Å². The zero-order valence-electron chi connectivity index (χ0n) is 13.6. The Morgan fingerprint density at radius 2 is 2.17 bits per heavy atom. The number of hydrogen-bond donors (Lipinski definition) is 1. The number of nitrogens with zero attached hydrogens (tertiary/aromatic N) is 3. The molecule has 0 saturated carbocycles. The van der Waals surface area contributed by atoms with Crippen molar-refractivity contribution in [1.29, 1.82) is 0 Å². The van der Waals surface area contributed by atoms with Gasteiger partial charge in [0, 0.05) is 26.3 Å². The van der Waals surface area contributed by atoms with Crippen LogP contribution in [0.25, 0.3) is 0 Å². The minimum atomic E-state index is -0.530. The molecule has 1 N–H and O–H groups in total. The summed E-state index contributed by atoms with van der Waals surface area (Å²) in [5.41, 5.74) is 1.56. The SMILES string of the molecule is Cn1nccc1CNC(=O)C(c1cccc(F)c1)N1CCOCC1. The van der Waals surface area contributed by atoms with Crippen LogP contribution in [0.15, 0.2) is 36.5 Å². The molecule has 1 aromatic carbocycles. The van der Waals surface area contributed by atoms with Crippen molar-refractivity contribution in [2.75, 3.05) is 26.3 Å². The summed E-state index contributed by atoms with van der Waals surface area (Å²) in [6.45, 7) is 2.80. The fourth-order valence-corrected chi connectivity index (χ4v) is 2.89. The van der Waals surface area contributed by atoms with Crippen molar-refractivity contribution in [1.82, 2.24) is 20.0 Å². The van der Waals surface area contributed by atoms with Crippen LogP contribution < -0.4 is 5.32 Å². The van der Waals surface area contributed by atoms with E-state index < -0.39 is 6.04 Å². The van der Waals surface area contributed by atoms with Crippen molar-refractivity contribution >= 4 is 5.91 Å². The van der Waals surface area contributed by atoms with E-state index in [4.69, 9.17) is 4.74 Å². The molecular formula is C17H21FN4O2. The number of rotatable bonds is 5. The molecule has 128 valence electrons. The van der Waals surface area contributed by atoms with Crippen LogP contribution in [0.3, 0.4) is 0 Å². The largest absolute Gasteiger partial charge is 0.379 e. The van der Waals surface area contributed by atoms with Gasteiger partial charge in [-0.25, -0.2) is 4.39 Å². The zero-order valence-corrected chi connectivity index (χ0v) is 13.6. The molecule has 1 atom stereocenters. The van der Waals surface area contributed by atoms with Gasteiger partial charge in [0.1, 0.15) is 11.9 Å². The van der Waals surface area contributed by atoms with Crippen LogP contribution in [-0.2, 0) is 23.1 Å². The summed E-state index contributed by atoms with van der Waals surface area (Å²) in [4.78, 5) is 14.8. The molecule has 2 heterocycles. The van der Waals surface area contributed by atoms with Gasteiger partial charge in [0.05, 0.1) is 25.5 Å². The average molecular weight is 332 g/mol. The number of carbonyl (C=O) groups is 1. The number of ether oxygens (including phenoxy) is 1. The first-order chi connectivity index (χ1) is 11.6. The van der Waals surface area contributed by atoms with E-state index in [0.717, 1.165) is 5.69 Å². The van der Waals surface area contributed by atoms with Crippen LogP contribution in [-0.4, -0.2) is 46.9 Å². The predicted molar refractivity (Wildman–Crippen MR) is 86.6 cm³/mol. The van der Waals surface area contributed by atoms with Crippen LogP contribution >= 0.6 is 0 Å². The molecule has 1 unspecified atom stereocenters. The molecule has 1 aliphatic rings. The molecule has 1 fully saturated rings. The van der Waals surface area contributed by atoms with Crippen molar-refractivity contribution in [2.24, 2.45) is 7.05 Å². The number of benzene rings is 1. The molecule has 1 saturated heterocycles. The lowest BCUT2D eigenvalue weighted by Gasteiger charge is -2.33. The van der Waals surface area contributed by atoms with Gasteiger partial charge < -0.3 is 10.1 Å². The molecule has 1 amide bonds. The van der Waals surface area contributed by atoms with Crippen molar-refractivity contribution in [3.8, 4) is 0 Å². The maximum atomic E-state index is 13.6. The normalized spacial score (nSPS) is 16.8. The van der Waals surface area contributed by atoms with Crippen molar-refractivity contribution in [2.45, 2.75) is 12.6 Å². The Kier molecular flexibility index (Phi) is 5.22. The highest BCUT2D eigenvalue weighted by molar-refractivity contribution is 5.83. The van der Waals surface area contributed by atoms with E-state index in [2.05, 4.69) is 10.4 Å². The molecule has 0 radical (unpaired) electrons. The minimum Gasteiger partial charge on any atom is -0.379 e. The highest BCUT2D eigenvalue weighted by Gasteiger charge is 2.29. The number of halogens is 1. The van der Waals surface area contributed by atoms with E-state index in [1.807, 2.05) is 18.0 Å². The summed E-state index contributed by atoms with van der Waals surface area (Å²) in [5.74, 6) is -0.492. The van der Waals surface area contributed by atoms with Crippen molar-refractivity contribution < 1.29 is 13.9 Å². The summed E-state index contributed by atoms with van der Waals surface area (Å²) in [6, 6.07) is 7.54. The van der Waals surface area contributed by atoms with E-state index in [1.165, 1.54) is 12.1 Å². The van der Waals surface area contributed by atoms with E-state index in [0.29, 0.717) is 38.4 Å². The molecular weight excluding hydrogens is 311 g/mol. The van der Waals surface area contributed by atoms with Gasteiger partial charge in [0.25, 0.3) is 0 Å². The summed E-state index contributed by atoms with van der Waals surface area (Å²) >= 11 is 0. The van der Waals surface area contributed by atoms with Gasteiger partial charge in [0.2, 0.25) is 5.91 Å². The second-order valence-electron chi connectivity index (χ2n) is 5.77. The van der Waals surface area contributed by atoms with Gasteiger partial charge in [-0.05, 0) is 23.8 Å². The lowest BCUT2D eigenvalue weighted by Crippen LogP contribution is -2.45. The second kappa shape index (κ2) is 7.55. The summed E-state index contributed by atoms with van der Waals surface area (Å²) in [6.07, 6.45) is 1.69. The third-order valence-corrected chi connectivity index (χ3v) is 4.19. The Labute approximate surface area is 140 Å². The smallest absolute Gasteiger partial charge is 0.242 e. The predicted octanol–water partition coefficient (Wildman–Crippen LogP) is 1.25. The van der Waals surface area contributed by atoms with Gasteiger partial charge in [-0.1, -0.05) is 12.1 Å². The lowest BCUT2D eigenvalue weighted by atomic mass is 10.0. The van der Waals surface area contributed by atoms with Crippen LogP contribution in [0.5, 0.6) is 0 Å². The first-order valence-corrected chi connectivity index (χ1v) is 7.97. The van der Waals surface area contributed by atoms with E-state index in [1.54, 1.807) is 23.0 Å². The zero-order chi connectivity index (χ0) is 16.9. The Morgan fingerprint density at radius 1 is 1.38 bits per heavy atom. The highest BCUT2D eigenvalue weighted by atomic mass is 19.1. The molecule has 6 nitrogen and oxygen atoms in total. The number of amides is 1. The first kappa shape index (κ1) is 16.6. The molecule has 24 heavy (non-hydrogen) atoms. The van der Waals surface area contributed by atoms with Crippen LogP contribution in [0, 0.1) is 5.82 Å². The fraction of sp³-hybridized carbons (Fsp3) is 0.412. The maximum absolute atomic E-state index is 13.6. The first-order valence-electron chi connectivity index (χ1n) is 7.97. The van der Waals surface area contributed by atoms with E-state index in [-0.39, 0.29) is 11.7 Å². The standard InChI is InChI=1S/C17H21FN4O2/c1-21-15(5-6-20-21)12-19-17(23)16(22-7-9-24-10-8-22)13-3-2-4-14(18)11-13/h2-6,11,16H,7-10,12H2,1H3,(H,19,23). The average Bonchev–Trinajstić information content (AvgIpc) is 2.99. The topological polar surface area (TPSA) is 59.4 Å². The van der Waals surface area contributed by atoms with Crippen LogP contribution in [0.1, 0.15) is 17.3 Å². The summed E-state index contributed by atoms with van der Waals surface area (Å²) < 4.78 is 20.7. The molecule has 3 rings (SSSR count). The van der Waals surface area contributed by atoms with Crippen molar-refractivity contribution in [3.63, 3.8) is 0 Å². The Morgan fingerprint density at radius 3 is 2.83 bits per heavy atom. The number of carbonyl (C=O) groups excluding carboxylic acids is 1. The lowest BCUT2D eigenvalue weighted by molar-refractivity contribution is -0.128. The van der Waals surface area contributed by atoms with Gasteiger partial charge in [-0.2, -0.15) is 5.10 Å². The quantitative estimate of drug-likeness (QED) is 0.895. The third kappa shape index (κ3) is 3.80. The van der Waals surface area contributed by atoms with Crippen molar-refractivity contribution in [3.05, 3.63) is 53.6 Å². The second-order valence-corrected chi connectivity index (χ2v) is 5.77. The maximum Gasteiger partial charge on any atom is 0.242 e. The molecule has 7 heteroatoms. The molecule has 1 aromatic heterocycles. The third-order valence-electron chi connectivity index (χ3n) is 4.19. The Bertz CT molecular complexity index is 697. The molecule has 1 aliphatic heterocycles. The fourth-order valence-electron chi connectivity index (χ4n) is 2.89. The number of aromatic nitrogens is 2. The van der Waals surface area contributed by atoms with Gasteiger partial charge in [-0.15, -0.1) is 0 Å². The Hall–Kier alpha value is -2.25. The number of aryl methyl sites for hydroxylation is 1. The molecule has 0 aliphatic carbocycles. The van der Waals surface area contributed by atoms with Crippen LogP contribution in [0.4, 0.5) is 4.39 Å².